The normalized spacial score (nSPS) is 12.7. The summed E-state index contributed by atoms with van der Waals surface area (Å²) in [6.07, 6.45) is 2.54. The molecule has 0 amide bonds. The van der Waals surface area contributed by atoms with Gasteiger partial charge in [-0.15, -0.1) is 0 Å². The second-order valence-electron chi connectivity index (χ2n) is 4.06. The number of hydrogen-bond donors (Lipinski definition) is 1. The van der Waals surface area contributed by atoms with Crippen molar-refractivity contribution in [2.24, 2.45) is 0 Å². The summed E-state index contributed by atoms with van der Waals surface area (Å²) >= 11 is 5.79. The van der Waals surface area contributed by atoms with Crippen LogP contribution in [-0.2, 0) is 6.42 Å². The van der Waals surface area contributed by atoms with Crippen LogP contribution in [0.15, 0.2) is 24.4 Å². The van der Waals surface area contributed by atoms with E-state index in [1.165, 1.54) is 0 Å². The van der Waals surface area contributed by atoms with Crippen molar-refractivity contribution in [3.63, 3.8) is 0 Å². The molecule has 1 aromatic heterocycles. The Morgan fingerprint density at radius 1 is 1.39 bits per heavy atom. The molecular weight excluding hydrogens is 248 g/mol. The molecule has 2 heterocycles. The predicted octanol–water partition coefficient (Wildman–Crippen LogP) is 2.64. The summed E-state index contributed by atoms with van der Waals surface area (Å²) in [7, 11) is 0. The number of aromatic nitrogens is 2. The van der Waals surface area contributed by atoms with Crippen molar-refractivity contribution < 1.29 is 0 Å². The van der Waals surface area contributed by atoms with E-state index in [0.717, 1.165) is 35.5 Å². The topological polar surface area (TPSA) is 61.6 Å². The van der Waals surface area contributed by atoms with Crippen LogP contribution in [0.4, 0.5) is 5.69 Å². The quantitative estimate of drug-likeness (QED) is 0.797. The van der Waals surface area contributed by atoms with E-state index in [-0.39, 0.29) is 5.28 Å². The third-order valence-corrected chi connectivity index (χ3v) is 3.14. The molecule has 0 radical (unpaired) electrons. The number of rotatable bonds is 1. The average Bonchev–Trinajstić information content (AvgIpc) is 2.85. The molecule has 0 saturated heterocycles. The van der Waals surface area contributed by atoms with Gasteiger partial charge in [-0.05, 0) is 41.8 Å². The highest BCUT2D eigenvalue weighted by atomic mass is 35.5. The van der Waals surface area contributed by atoms with Gasteiger partial charge in [-0.1, -0.05) is 0 Å². The molecule has 88 valence electrons. The number of fused-ring (bicyclic) bond motifs is 1. The molecule has 0 bridgehead atoms. The Bertz CT molecular complexity index is 661. The average molecular weight is 257 g/mol. The van der Waals surface area contributed by atoms with Crippen LogP contribution >= 0.6 is 11.6 Å². The van der Waals surface area contributed by atoms with E-state index in [4.69, 9.17) is 11.6 Å². The van der Waals surface area contributed by atoms with Gasteiger partial charge in [0.1, 0.15) is 6.07 Å². The highest BCUT2D eigenvalue weighted by Gasteiger charge is 2.16. The summed E-state index contributed by atoms with van der Waals surface area (Å²) in [6, 6.07) is 7.88. The number of nitrogens with one attached hydrogen (secondary N) is 1. The zero-order valence-electron chi connectivity index (χ0n) is 9.44. The first-order chi connectivity index (χ1) is 8.78. The standard InChI is InChI=1S/C13H9ClN4/c14-13-17-4-2-11(18-13)9-5-8-1-3-16-12(8)10(6-9)7-15/h2,4-6,16H,1,3H2. The highest BCUT2D eigenvalue weighted by molar-refractivity contribution is 6.28. The largest absolute Gasteiger partial charge is 0.383 e. The fraction of sp³-hybridized carbons (Fsp3) is 0.154. The molecule has 1 aromatic carbocycles. The smallest absolute Gasteiger partial charge is 0.222 e. The number of anilines is 1. The summed E-state index contributed by atoms with van der Waals surface area (Å²) in [4.78, 5) is 8.03. The lowest BCUT2D eigenvalue weighted by atomic mass is 10.0. The predicted molar refractivity (Wildman–Crippen MR) is 69.4 cm³/mol. The Labute approximate surface area is 109 Å². The minimum atomic E-state index is 0.213. The second-order valence-corrected chi connectivity index (χ2v) is 4.40. The zero-order valence-corrected chi connectivity index (χ0v) is 10.2. The number of nitriles is 1. The first-order valence-corrected chi connectivity index (χ1v) is 5.95. The van der Waals surface area contributed by atoms with E-state index in [1.807, 2.05) is 6.07 Å². The van der Waals surface area contributed by atoms with Gasteiger partial charge >= 0.3 is 0 Å². The number of hydrogen-bond acceptors (Lipinski definition) is 4. The van der Waals surface area contributed by atoms with Gasteiger partial charge in [0.15, 0.2) is 0 Å². The van der Waals surface area contributed by atoms with Gasteiger partial charge in [0.2, 0.25) is 5.28 Å². The lowest BCUT2D eigenvalue weighted by Crippen LogP contribution is -1.94. The van der Waals surface area contributed by atoms with E-state index in [9.17, 15) is 5.26 Å². The highest BCUT2D eigenvalue weighted by Crippen LogP contribution is 2.31. The summed E-state index contributed by atoms with van der Waals surface area (Å²) in [6.45, 7) is 0.873. The van der Waals surface area contributed by atoms with Gasteiger partial charge < -0.3 is 5.32 Å². The van der Waals surface area contributed by atoms with Crippen LogP contribution in [-0.4, -0.2) is 16.5 Å². The summed E-state index contributed by atoms with van der Waals surface area (Å²) in [5.41, 5.74) is 4.38. The van der Waals surface area contributed by atoms with Crippen molar-refractivity contribution in [3.05, 3.63) is 40.8 Å². The lowest BCUT2D eigenvalue weighted by molar-refractivity contribution is 1.10. The molecule has 3 rings (SSSR count). The van der Waals surface area contributed by atoms with Crippen LogP contribution in [0.5, 0.6) is 0 Å². The molecule has 4 nitrogen and oxygen atoms in total. The van der Waals surface area contributed by atoms with Gasteiger partial charge in [0.25, 0.3) is 0 Å². The van der Waals surface area contributed by atoms with E-state index in [1.54, 1.807) is 12.3 Å². The molecule has 5 heteroatoms. The van der Waals surface area contributed by atoms with Crippen LogP contribution in [0.25, 0.3) is 11.3 Å². The molecule has 2 aromatic rings. The van der Waals surface area contributed by atoms with E-state index >= 15 is 0 Å². The Morgan fingerprint density at radius 2 is 2.28 bits per heavy atom. The molecule has 1 aliphatic heterocycles. The van der Waals surface area contributed by atoms with Crippen molar-refractivity contribution in [1.82, 2.24) is 9.97 Å². The monoisotopic (exact) mass is 256 g/mol. The van der Waals surface area contributed by atoms with Crippen LogP contribution in [0.1, 0.15) is 11.1 Å². The van der Waals surface area contributed by atoms with Gasteiger partial charge in [-0.2, -0.15) is 5.26 Å². The van der Waals surface area contributed by atoms with Crippen molar-refractivity contribution in [1.29, 1.82) is 5.26 Å². The van der Waals surface area contributed by atoms with Crippen LogP contribution < -0.4 is 5.32 Å². The molecule has 0 fully saturated rings. The molecule has 0 aliphatic carbocycles. The SMILES string of the molecule is N#Cc1cc(-c2ccnc(Cl)n2)cc2c1NCC2. The molecule has 18 heavy (non-hydrogen) atoms. The summed E-state index contributed by atoms with van der Waals surface area (Å²) in [5.74, 6) is 0. The van der Waals surface area contributed by atoms with Crippen molar-refractivity contribution in [2.45, 2.75) is 6.42 Å². The van der Waals surface area contributed by atoms with Crippen molar-refractivity contribution in [3.8, 4) is 17.3 Å². The molecular formula is C13H9ClN4. The molecule has 0 atom stereocenters. The van der Waals surface area contributed by atoms with E-state index < -0.39 is 0 Å². The van der Waals surface area contributed by atoms with Gasteiger partial charge in [0.05, 0.1) is 16.9 Å². The number of halogens is 1. The van der Waals surface area contributed by atoms with Crippen molar-refractivity contribution in [2.75, 3.05) is 11.9 Å². The number of nitrogens with zero attached hydrogens (tertiary/aromatic N) is 3. The molecule has 1 N–H and O–H groups in total. The fourth-order valence-electron chi connectivity index (χ4n) is 2.16. The van der Waals surface area contributed by atoms with Gasteiger partial charge in [-0.25, -0.2) is 9.97 Å². The molecule has 1 aliphatic rings. The van der Waals surface area contributed by atoms with E-state index in [0.29, 0.717) is 5.56 Å². The molecule has 0 spiro atoms. The Morgan fingerprint density at radius 3 is 3.06 bits per heavy atom. The van der Waals surface area contributed by atoms with Crippen molar-refractivity contribution >= 4 is 17.3 Å². The first kappa shape index (κ1) is 11.0. The summed E-state index contributed by atoms with van der Waals surface area (Å²) in [5, 5.41) is 12.6. The third kappa shape index (κ3) is 1.79. The maximum absolute atomic E-state index is 9.18. The zero-order chi connectivity index (χ0) is 12.5. The van der Waals surface area contributed by atoms with E-state index in [2.05, 4.69) is 27.4 Å². The second kappa shape index (κ2) is 4.28. The molecule has 0 unspecified atom stereocenters. The summed E-state index contributed by atoms with van der Waals surface area (Å²) < 4.78 is 0. The van der Waals surface area contributed by atoms with Crippen LogP contribution in [0.3, 0.4) is 0 Å². The van der Waals surface area contributed by atoms with Crippen LogP contribution in [0.2, 0.25) is 5.28 Å². The lowest BCUT2D eigenvalue weighted by Gasteiger charge is -2.07. The third-order valence-electron chi connectivity index (χ3n) is 2.96. The maximum atomic E-state index is 9.18. The minimum absolute atomic E-state index is 0.213. The Kier molecular flexibility index (Phi) is 2.62. The fourth-order valence-corrected chi connectivity index (χ4v) is 2.31. The first-order valence-electron chi connectivity index (χ1n) is 5.58. The van der Waals surface area contributed by atoms with Crippen LogP contribution in [0, 0.1) is 11.3 Å². The Balaban J connectivity index is 2.17. The maximum Gasteiger partial charge on any atom is 0.222 e. The van der Waals surface area contributed by atoms with Gasteiger partial charge in [-0.3, -0.25) is 0 Å². The number of benzene rings is 1. The minimum Gasteiger partial charge on any atom is -0.383 e. The Hall–Kier alpha value is -2.12. The molecule has 0 saturated carbocycles. The van der Waals surface area contributed by atoms with Gasteiger partial charge in [0, 0.05) is 18.3 Å².